The highest BCUT2D eigenvalue weighted by atomic mass is 16.5. The third kappa shape index (κ3) is 5.27. The van der Waals surface area contributed by atoms with E-state index in [0.29, 0.717) is 13.2 Å². The van der Waals surface area contributed by atoms with E-state index >= 15 is 0 Å². The van der Waals surface area contributed by atoms with Crippen molar-refractivity contribution in [1.82, 2.24) is 5.32 Å². The first-order chi connectivity index (χ1) is 8.63. The Morgan fingerprint density at radius 2 is 2.06 bits per heavy atom. The van der Waals surface area contributed by atoms with Crippen LogP contribution in [0.15, 0.2) is 24.3 Å². The van der Waals surface area contributed by atoms with Gasteiger partial charge in [-0.2, -0.15) is 0 Å². The number of ether oxygens (including phenoxy) is 1. The van der Waals surface area contributed by atoms with Gasteiger partial charge in [-0.3, -0.25) is 4.79 Å². The summed E-state index contributed by atoms with van der Waals surface area (Å²) in [5.41, 5.74) is 2.17. The number of carbonyl (C=O) groups is 1. The number of carboxylic acid groups (broad SMARTS) is 1. The average Bonchev–Trinajstić information content (AvgIpc) is 2.30. The van der Waals surface area contributed by atoms with Gasteiger partial charge in [0.05, 0.1) is 19.1 Å². The lowest BCUT2D eigenvalue weighted by molar-refractivity contribution is -0.139. The van der Waals surface area contributed by atoms with E-state index in [1.165, 1.54) is 0 Å². The minimum atomic E-state index is -0.996. The lowest BCUT2D eigenvalue weighted by Crippen LogP contribution is -2.28. The van der Waals surface area contributed by atoms with Crippen LogP contribution in [0, 0.1) is 0 Å². The van der Waals surface area contributed by atoms with Crippen molar-refractivity contribution >= 4 is 5.97 Å². The van der Waals surface area contributed by atoms with Crippen LogP contribution in [0.2, 0.25) is 0 Å². The third-order valence-corrected chi connectivity index (χ3v) is 2.52. The number of aliphatic hydroxyl groups is 1. The number of benzene rings is 1. The molecule has 0 aromatic heterocycles. The second-order valence-electron chi connectivity index (χ2n) is 4.08. The van der Waals surface area contributed by atoms with Crippen molar-refractivity contribution in [1.29, 1.82) is 0 Å². The molecule has 1 aromatic rings. The average molecular weight is 253 g/mol. The number of hydrogen-bond donors (Lipinski definition) is 3. The number of methoxy groups -OCH3 is 1. The fraction of sp³-hybridized carbons (Fsp3) is 0.462. The minimum absolute atomic E-state index is 0.243. The number of nitrogens with one attached hydrogen (secondary N) is 1. The predicted molar refractivity (Wildman–Crippen MR) is 67.1 cm³/mol. The zero-order valence-corrected chi connectivity index (χ0v) is 10.4. The van der Waals surface area contributed by atoms with Crippen molar-refractivity contribution in [3.05, 3.63) is 35.4 Å². The lowest BCUT2D eigenvalue weighted by atomic mass is 10.1. The van der Waals surface area contributed by atoms with E-state index in [1.54, 1.807) is 7.11 Å². The van der Waals surface area contributed by atoms with E-state index in [-0.39, 0.29) is 13.0 Å². The molecule has 0 aliphatic rings. The molecule has 100 valence electrons. The molecule has 1 aromatic carbocycles. The highest BCUT2D eigenvalue weighted by Gasteiger charge is 2.09. The number of hydrogen-bond acceptors (Lipinski definition) is 4. The highest BCUT2D eigenvalue weighted by molar-refractivity contribution is 5.67. The van der Waals surface area contributed by atoms with Gasteiger partial charge in [0, 0.05) is 20.2 Å². The Balaban J connectivity index is 2.41. The summed E-state index contributed by atoms with van der Waals surface area (Å²) in [6.45, 7) is 1.37. The Hall–Kier alpha value is -1.43. The molecular formula is C13H19NO4. The van der Waals surface area contributed by atoms with Gasteiger partial charge in [0.2, 0.25) is 0 Å². The second-order valence-corrected chi connectivity index (χ2v) is 4.08. The molecule has 0 amide bonds. The number of carboxylic acids is 1. The van der Waals surface area contributed by atoms with Gasteiger partial charge in [0.25, 0.3) is 0 Å². The quantitative estimate of drug-likeness (QED) is 0.637. The Bertz CT molecular complexity index is 381. The first-order valence-electron chi connectivity index (χ1n) is 5.79. The minimum Gasteiger partial charge on any atom is -0.481 e. The largest absolute Gasteiger partial charge is 0.481 e. The van der Waals surface area contributed by atoms with Crippen LogP contribution >= 0.6 is 0 Å². The van der Waals surface area contributed by atoms with Crippen molar-refractivity contribution < 1.29 is 19.7 Å². The van der Waals surface area contributed by atoms with E-state index in [0.717, 1.165) is 11.1 Å². The summed E-state index contributed by atoms with van der Waals surface area (Å²) in [4.78, 5) is 10.4. The van der Waals surface area contributed by atoms with Gasteiger partial charge in [-0.05, 0) is 11.1 Å². The summed E-state index contributed by atoms with van der Waals surface area (Å²) in [5.74, 6) is -0.996. The Kier molecular flexibility index (Phi) is 6.35. The summed E-state index contributed by atoms with van der Waals surface area (Å²) < 4.78 is 5.09. The van der Waals surface area contributed by atoms with Crippen molar-refractivity contribution in [2.24, 2.45) is 0 Å². The summed E-state index contributed by atoms with van der Waals surface area (Å²) >= 11 is 0. The van der Waals surface area contributed by atoms with E-state index in [1.807, 2.05) is 24.3 Å². The molecule has 0 saturated carbocycles. The molecule has 0 spiro atoms. The van der Waals surface area contributed by atoms with Crippen molar-refractivity contribution in [3.63, 3.8) is 0 Å². The Morgan fingerprint density at radius 1 is 1.39 bits per heavy atom. The Labute approximate surface area is 106 Å². The summed E-state index contributed by atoms with van der Waals surface area (Å²) in [7, 11) is 1.64. The maximum absolute atomic E-state index is 10.4. The summed E-state index contributed by atoms with van der Waals surface area (Å²) in [6, 6.07) is 7.83. The SMILES string of the molecule is COCc1ccccc1CNCC(O)CC(=O)O. The number of rotatable bonds is 8. The van der Waals surface area contributed by atoms with E-state index in [2.05, 4.69) is 5.32 Å². The van der Waals surface area contributed by atoms with Gasteiger partial charge in [-0.15, -0.1) is 0 Å². The van der Waals surface area contributed by atoms with Crippen LogP contribution in [0.5, 0.6) is 0 Å². The van der Waals surface area contributed by atoms with Crippen LogP contribution in [0.25, 0.3) is 0 Å². The molecule has 0 aliphatic carbocycles. The fourth-order valence-corrected chi connectivity index (χ4v) is 1.67. The molecule has 1 unspecified atom stereocenters. The molecule has 18 heavy (non-hydrogen) atoms. The molecule has 0 saturated heterocycles. The molecule has 3 N–H and O–H groups in total. The monoisotopic (exact) mass is 253 g/mol. The van der Waals surface area contributed by atoms with Crippen LogP contribution in [0.4, 0.5) is 0 Å². The predicted octanol–water partition coefficient (Wildman–Crippen LogP) is 0.758. The van der Waals surface area contributed by atoms with Crippen LogP contribution in [0.3, 0.4) is 0 Å². The molecule has 0 fully saturated rings. The van der Waals surface area contributed by atoms with Crippen molar-refractivity contribution in [2.45, 2.75) is 25.7 Å². The fourth-order valence-electron chi connectivity index (χ4n) is 1.67. The van der Waals surface area contributed by atoms with E-state index in [4.69, 9.17) is 9.84 Å². The highest BCUT2D eigenvalue weighted by Crippen LogP contribution is 2.09. The molecule has 0 aliphatic heterocycles. The van der Waals surface area contributed by atoms with Crippen molar-refractivity contribution in [3.8, 4) is 0 Å². The van der Waals surface area contributed by atoms with Gasteiger partial charge < -0.3 is 20.3 Å². The number of aliphatic hydroxyl groups excluding tert-OH is 1. The molecule has 0 radical (unpaired) electrons. The van der Waals surface area contributed by atoms with Crippen LogP contribution < -0.4 is 5.32 Å². The standard InChI is InChI=1S/C13H19NO4/c1-18-9-11-5-3-2-4-10(11)7-14-8-12(15)6-13(16)17/h2-5,12,14-15H,6-9H2,1H3,(H,16,17). The maximum atomic E-state index is 10.4. The van der Waals surface area contributed by atoms with E-state index in [9.17, 15) is 9.90 Å². The first kappa shape index (κ1) is 14.6. The normalized spacial score (nSPS) is 12.3. The van der Waals surface area contributed by atoms with Gasteiger partial charge in [-0.25, -0.2) is 0 Å². The molecule has 1 atom stereocenters. The third-order valence-electron chi connectivity index (χ3n) is 2.52. The zero-order chi connectivity index (χ0) is 13.4. The molecule has 1 rings (SSSR count). The number of aliphatic carboxylic acids is 1. The Morgan fingerprint density at radius 3 is 2.67 bits per heavy atom. The summed E-state index contributed by atoms with van der Waals surface area (Å²) in [6.07, 6.45) is -1.11. The molecule has 0 bridgehead atoms. The van der Waals surface area contributed by atoms with Gasteiger partial charge in [0.1, 0.15) is 0 Å². The van der Waals surface area contributed by atoms with Crippen LogP contribution in [-0.4, -0.2) is 35.9 Å². The molecule has 0 heterocycles. The first-order valence-corrected chi connectivity index (χ1v) is 5.79. The maximum Gasteiger partial charge on any atom is 0.306 e. The van der Waals surface area contributed by atoms with Gasteiger partial charge >= 0.3 is 5.97 Å². The lowest BCUT2D eigenvalue weighted by Gasteiger charge is -2.12. The smallest absolute Gasteiger partial charge is 0.306 e. The van der Waals surface area contributed by atoms with E-state index < -0.39 is 12.1 Å². The molecule has 5 heteroatoms. The molecular weight excluding hydrogens is 234 g/mol. The summed E-state index contributed by atoms with van der Waals surface area (Å²) in [5, 5.41) is 20.9. The van der Waals surface area contributed by atoms with Gasteiger partial charge in [0.15, 0.2) is 0 Å². The van der Waals surface area contributed by atoms with Crippen molar-refractivity contribution in [2.75, 3.05) is 13.7 Å². The van der Waals surface area contributed by atoms with Gasteiger partial charge in [-0.1, -0.05) is 24.3 Å². The van der Waals surface area contributed by atoms with Crippen LogP contribution in [-0.2, 0) is 22.7 Å². The topological polar surface area (TPSA) is 78.8 Å². The van der Waals surface area contributed by atoms with Crippen LogP contribution in [0.1, 0.15) is 17.5 Å². The molecule has 5 nitrogen and oxygen atoms in total. The zero-order valence-electron chi connectivity index (χ0n) is 10.4. The second kappa shape index (κ2) is 7.81.